The SMILES string of the molecule is C=CC(=O)N(C)C1CC(n2c(NC(=O)c3ccc(C(F)F)s3)nc3cc(CN[C@@H](C)C(C)(C)C)ccc32)C1. The van der Waals surface area contributed by atoms with Gasteiger partial charge in [-0.05, 0) is 61.1 Å². The number of benzene rings is 1. The quantitative estimate of drug-likeness (QED) is 0.317. The van der Waals surface area contributed by atoms with E-state index >= 15 is 0 Å². The van der Waals surface area contributed by atoms with Gasteiger partial charge in [0.2, 0.25) is 11.9 Å². The summed E-state index contributed by atoms with van der Waals surface area (Å²) in [6.45, 7) is 13.0. The van der Waals surface area contributed by atoms with Gasteiger partial charge >= 0.3 is 0 Å². The molecule has 38 heavy (non-hydrogen) atoms. The molecule has 204 valence electrons. The van der Waals surface area contributed by atoms with Gasteiger partial charge in [0.15, 0.2) is 0 Å². The van der Waals surface area contributed by atoms with E-state index in [1.54, 1.807) is 11.9 Å². The lowest BCUT2D eigenvalue weighted by Crippen LogP contribution is -2.45. The smallest absolute Gasteiger partial charge is 0.272 e. The summed E-state index contributed by atoms with van der Waals surface area (Å²) in [5.41, 5.74) is 2.80. The van der Waals surface area contributed by atoms with Gasteiger partial charge in [-0.3, -0.25) is 14.9 Å². The van der Waals surface area contributed by atoms with E-state index in [1.807, 2.05) is 22.8 Å². The monoisotopic (exact) mass is 543 g/mol. The number of imidazole rings is 1. The lowest BCUT2D eigenvalue weighted by Gasteiger charge is -2.42. The van der Waals surface area contributed by atoms with Crippen molar-refractivity contribution >= 4 is 40.1 Å². The van der Waals surface area contributed by atoms with Crippen LogP contribution in [0.15, 0.2) is 43.0 Å². The van der Waals surface area contributed by atoms with Gasteiger partial charge in [0.25, 0.3) is 12.3 Å². The summed E-state index contributed by atoms with van der Waals surface area (Å²) in [5.74, 6) is -0.243. The minimum atomic E-state index is -2.62. The number of aromatic nitrogens is 2. The summed E-state index contributed by atoms with van der Waals surface area (Å²) < 4.78 is 28.1. The highest BCUT2D eigenvalue weighted by Crippen LogP contribution is 2.40. The van der Waals surface area contributed by atoms with Gasteiger partial charge in [0.05, 0.1) is 20.8 Å². The Balaban J connectivity index is 1.61. The second-order valence-corrected chi connectivity index (χ2v) is 12.1. The molecular weight excluding hydrogens is 508 g/mol. The summed E-state index contributed by atoms with van der Waals surface area (Å²) in [6.07, 6.45) is 0.0777. The zero-order valence-electron chi connectivity index (χ0n) is 22.4. The number of halogens is 2. The Morgan fingerprint density at radius 3 is 2.58 bits per heavy atom. The number of alkyl halides is 2. The van der Waals surface area contributed by atoms with E-state index in [4.69, 9.17) is 4.98 Å². The van der Waals surface area contributed by atoms with Crippen LogP contribution in [0.2, 0.25) is 0 Å². The van der Waals surface area contributed by atoms with Crippen LogP contribution in [0.3, 0.4) is 0 Å². The van der Waals surface area contributed by atoms with Gasteiger partial charge in [-0.2, -0.15) is 0 Å². The third-order valence-electron chi connectivity index (χ3n) is 7.48. The summed E-state index contributed by atoms with van der Waals surface area (Å²) in [6, 6.07) is 9.11. The average molecular weight is 544 g/mol. The Bertz CT molecular complexity index is 1340. The molecule has 0 unspecified atom stereocenters. The maximum atomic E-state index is 13.1. The van der Waals surface area contributed by atoms with Crippen LogP contribution in [0.4, 0.5) is 14.7 Å². The fourth-order valence-corrected chi connectivity index (χ4v) is 5.21. The number of likely N-dealkylation sites (N-methyl/N-ethyl adjacent to an activating group) is 1. The van der Waals surface area contributed by atoms with Crippen LogP contribution in [0.5, 0.6) is 0 Å². The van der Waals surface area contributed by atoms with Gasteiger partial charge in [-0.25, -0.2) is 13.8 Å². The summed E-state index contributed by atoms with van der Waals surface area (Å²) in [7, 11) is 1.76. The van der Waals surface area contributed by atoms with Crippen molar-refractivity contribution in [2.75, 3.05) is 12.4 Å². The van der Waals surface area contributed by atoms with Crippen molar-refractivity contribution in [2.24, 2.45) is 5.41 Å². The van der Waals surface area contributed by atoms with E-state index in [0.29, 0.717) is 31.4 Å². The Morgan fingerprint density at radius 2 is 1.97 bits per heavy atom. The van der Waals surface area contributed by atoms with Crippen molar-refractivity contribution in [2.45, 2.75) is 71.6 Å². The maximum Gasteiger partial charge on any atom is 0.272 e. The Labute approximate surface area is 225 Å². The predicted molar refractivity (Wildman–Crippen MR) is 148 cm³/mol. The molecule has 0 saturated heterocycles. The highest BCUT2D eigenvalue weighted by Gasteiger charge is 2.37. The summed E-state index contributed by atoms with van der Waals surface area (Å²) in [5, 5.41) is 6.41. The average Bonchev–Trinajstić information content (AvgIpc) is 3.46. The lowest BCUT2D eigenvalue weighted by atomic mass is 9.85. The van der Waals surface area contributed by atoms with Crippen molar-refractivity contribution in [3.8, 4) is 0 Å². The number of carbonyl (C=O) groups is 2. The largest absolute Gasteiger partial charge is 0.339 e. The van der Waals surface area contributed by atoms with E-state index in [-0.39, 0.29) is 33.2 Å². The number of rotatable bonds is 9. The van der Waals surface area contributed by atoms with Gasteiger partial charge in [0, 0.05) is 31.7 Å². The highest BCUT2D eigenvalue weighted by molar-refractivity contribution is 7.14. The second kappa shape index (κ2) is 10.9. The van der Waals surface area contributed by atoms with Gasteiger partial charge in [-0.1, -0.05) is 33.4 Å². The van der Waals surface area contributed by atoms with E-state index in [9.17, 15) is 18.4 Å². The lowest BCUT2D eigenvalue weighted by molar-refractivity contribution is -0.128. The van der Waals surface area contributed by atoms with Gasteiger partial charge < -0.3 is 14.8 Å². The molecule has 2 N–H and O–H groups in total. The van der Waals surface area contributed by atoms with E-state index in [2.05, 4.69) is 44.9 Å². The van der Waals surface area contributed by atoms with Crippen molar-refractivity contribution < 1.29 is 18.4 Å². The number of nitrogens with one attached hydrogen (secondary N) is 2. The molecular formula is C28H35F2N5O2S. The third-order valence-corrected chi connectivity index (χ3v) is 8.57. The maximum absolute atomic E-state index is 13.1. The first-order valence-corrected chi connectivity index (χ1v) is 13.5. The van der Waals surface area contributed by atoms with Crippen LogP contribution in [0.1, 0.15) is 73.1 Å². The standard InChI is InChI=1S/C28H35F2N5O2S/c1-7-24(36)34(6)18-13-19(14-18)35-21-9-8-17(15-31-16(2)28(3,4)5)12-20(21)32-27(35)33-26(37)23-11-10-22(38-23)25(29)30/h7-12,16,18-19,25,31H,1,13-15H2,2-6H3,(H,32,33,37)/t16-,18?,19?/m0/s1. The number of carbonyl (C=O) groups excluding carboxylic acids is 2. The van der Waals surface area contributed by atoms with Crippen molar-refractivity contribution in [3.63, 3.8) is 0 Å². The summed E-state index contributed by atoms with van der Waals surface area (Å²) >= 11 is 0.772. The van der Waals surface area contributed by atoms with Crippen molar-refractivity contribution in [1.29, 1.82) is 0 Å². The van der Waals surface area contributed by atoms with Crippen LogP contribution in [-0.2, 0) is 11.3 Å². The number of amides is 2. The number of anilines is 1. The van der Waals surface area contributed by atoms with Crippen LogP contribution in [0, 0.1) is 5.41 Å². The summed E-state index contributed by atoms with van der Waals surface area (Å²) in [4.78, 5) is 31.5. The number of hydrogen-bond acceptors (Lipinski definition) is 5. The minimum absolute atomic E-state index is 0.0187. The molecule has 10 heteroatoms. The molecule has 0 bridgehead atoms. The van der Waals surface area contributed by atoms with E-state index in [0.717, 1.165) is 27.9 Å². The molecule has 1 fully saturated rings. The molecule has 2 aromatic heterocycles. The first kappa shape index (κ1) is 27.9. The van der Waals surface area contributed by atoms with Crippen LogP contribution < -0.4 is 10.6 Å². The fourth-order valence-electron chi connectivity index (χ4n) is 4.45. The third kappa shape index (κ3) is 5.81. The molecule has 3 aromatic rings. The first-order valence-electron chi connectivity index (χ1n) is 12.7. The molecule has 2 heterocycles. The Kier molecular flexibility index (Phi) is 8.04. The number of fused-ring (bicyclic) bond motifs is 1. The molecule has 1 atom stereocenters. The Morgan fingerprint density at radius 1 is 1.26 bits per heavy atom. The number of hydrogen-bond donors (Lipinski definition) is 2. The van der Waals surface area contributed by atoms with Crippen molar-refractivity contribution in [3.05, 3.63) is 58.3 Å². The highest BCUT2D eigenvalue weighted by atomic mass is 32.1. The van der Waals surface area contributed by atoms with Gasteiger partial charge in [-0.15, -0.1) is 11.3 Å². The Hall–Kier alpha value is -3.11. The number of thiophene rings is 1. The number of nitrogens with zero attached hydrogens (tertiary/aromatic N) is 3. The molecule has 0 spiro atoms. The second-order valence-electron chi connectivity index (χ2n) is 11.0. The fraction of sp³-hybridized carbons (Fsp3) is 0.464. The van der Waals surface area contributed by atoms with Crippen LogP contribution in [-0.4, -0.2) is 45.4 Å². The van der Waals surface area contributed by atoms with Gasteiger partial charge in [0.1, 0.15) is 0 Å². The molecule has 1 aromatic carbocycles. The van der Waals surface area contributed by atoms with E-state index in [1.165, 1.54) is 18.2 Å². The van der Waals surface area contributed by atoms with Crippen LogP contribution >= 0.6 is 11.3 Å². The molecule has 1 saturated carbocycles. The molecule has 2 amide bonds. The molecule has 0 aliphatic heterocycles. The van der Waals surface area contributed by atoms with Crippen molar-refractivity contribution in [1.82, 2.24) is 19.8 Å². The molecule has 1 aliphatic rings. The molecule has 4 rings (SSSR count). The molecule has 0 radical (unpaired) electrons. The molecule has 7 nitrogen and oxygen atoms in total. The van der Waals surface area contributed by atoms with E-state index < -0.39 is 12.3 Å². The zero-order valence-corrected chi connectivity index (χ0v) is 23.2. The normalized spacial score (nSPS) is 18.3. The minimum Gasteiger partial charge on any atom is -0.339 e. The topological polar surface area (TPSA) is 79.3 Å². The first-order chi connectivity index (χ1) is 17.9. The predicted octanol–water partition coefficient (Wildman–Crippen LogP) is 6.16. The van der Waals surface area contributed by atoms with Crippen LogP contribution in [0.25, 0.3) is 11.0 Å². The molecule has 1 aliphatic carbocycles. The zero-order chi connectivity index (χ0) is 27.8.